The SMILES string of the molecule is Cc1cc(CC(=O)Nc2c(Cl)cccc2Cl)c[nH]1. The Labute approximate surface area is 115 Å². The number of hydrogen-bond acceptors (Lipinski definition) is 1. The third kappa shape index (κ3) is 3.06. The number of H-pyrrole nitrogens is 1. The molecule has 94 valence electrons. The summed E-state index contributed by atoms with van der Waals surface area (Å²) in [4.78, 5) is 14.9. The van der Waals surface area contributed by atoms with Crippen LogP contribution in [0.2, 0.25) is 10.0 Å². The second-order valence-electron chi connectivity index (χ2n) is 4.01. The molecule has 0 atom stereocenters. The Kier molecular flexibility index (Phi) is 3.94. The number of aromatic amines is 1. The number of amides is 1. The molecule has 1 aromatic carbocycles. The molecular weight excluding hydrogens is 271 g/mol. The number of para-hydroxylation sites is 1. The highest BCUT2D eigenvalue weighted by Crippen LogP contribution is 2.29. The van der Waals surface area contributed by atoms with E-state index in [2.05, 4.69) is 10.3 Å². The maximum atomic E-state index is 11.9. The van der Waals surface area contributed by atoms with Crippen LogP contribution in [0.25, 0.3) is 0 Å². The van der Waals surface area contributed by atoms with Crippen LogP contribution in [-0.4, -0.2) is 10.9 Å². The summed E-state index contributed by atoms with van der Waals surface area (Å²) in [6, 6.07) is 7.02. The van der Waals surface area contributed by atoms with E-state index >= 15 is 0 Å². The molecule has 2 aromatic rings. The van der Waals surface area contributed by atoms with E-state index in [4.69, 9.17) is 23.2 Å². The summed E-state index contributed by atoms with van der Waals surface area (Å²) in [6.45, 7) is 1.94. The van der Waals surface area contributed by atoms with E-state index in [0.717, 1.165) is 11.3 Å². The van der Waals surface area contributed by atoms with Gasteiger partial charge in [-0.2, -0.15) is 0 Å². The Morgan fingerprint density at radius 3 is 2.56 bits per heavy atom. The number of hydrogen-bond donors (Lipinski definition) is 2. The van der Waals surface area contributed by atoms with Crippen molar-refractivity contribution in [2.24, 2.45) is 0 Å². The number of halogens is 2. The Hall–Kier alpha value is -1.45. The Bertz CT molecular complexity index is 558. The van der Waals surface area contributed by atoms with Gasteiger partial charge < -0.3 is 10.3 Å². The van der Waals surface area contributed by atoms with Crippen LogP contribution in [0, 0.1) is 6.92 Å². The third-order valence-electron chi connectivity index (χ3n) is 2.48. The molecule has 0 fully saturated rings. The van der Waals surface area contributed by atoms with Gasteiger partial charge in [-0.15, -0.1) is 0 Å². The molecule has 0 saturated heterocycles. The van der Waals surface area contributed by atoms with E-state index in [1.807, 2.05) is 19.2 Å². The van der Waals surface area contributed by atoms with Crippen molar-refractivity contribution in [1.29, 1.82) is 0 Å². The maximum absolute atomic E-state index is 11.9. The molecule has 18 heavy (non-hydrogen) atoms. The summed E-state index contributed by atoms with van der Waals surface area (Å²) in [7, 11) is 0. The molecule has 1 aromatic heterocycles. The first kappa shape index (κ1) is 13.0. The summed E-state index contributed by atoms with van der Waals surface area (Å²) in [5.74, 6) is -0.149. The molecule has 2 rings (SSSR count). The smallest absolute Gasteiger partial charge is 0.228 e. The van der Waals surface area contributed by atoms with Gasteiger partial charge in [-0.05, 0) is 30.7 Å². The standard InChI is InChI=1S/C13H12Cl2N2O/c1-8-5-9(7-16-8)6-12(18)17-13-10(14)3-2-4-11(13)15/h2-5,7,16H,6H2,1H3,(H,17,18). The Morgan fingerprint density at radius 1 is 1.33 bits per heavy atom. The molecule has 0 aliphatic rings. The van der Waals surface area contributed by atoms with Crippen molar-refractivity contribution < 1.29 is 4.79 Å². The Balaban J connectivity index is 2.08. The van der Waals surface area contributed by atoms with Gasteiger partial charge in [0.05, 0.1) is 22.2 Å². The predicted molar refractivity (Wildman–Crippen MR) is 74.3 cm³/mol. The summed E-state index contributed by atoms with van der Waals surface area (Å²) in [6.07, 6.45) is 2.09. The number of anilines is 1. The van der Waals surface area contributed by atoms with Gasteiger partial charge in [0.25, 0.3) is 0 Å². The lowest BCUT2D eigenvalue weighted by atomic mass is 10.2. The van der Waals surface area contributed by atoms with Crippen molar-refractivity contribution in [3.8, 4) is 0 Å². The van der Waals surface area contributed by atoms with E-state index in [-0.39, 0.29) is 12.3 Å². The topological polar surface area (TPSA) is 44.9 Å². The Morgan fingerprint density at radius 2 is 2.00 bits per heavy atom. The summed E-state index contributed by atoms with van der Waals surface area (Å²) >= 11 is 12.0. The van der Waals surface area contributed by atoms with Crippen LogP contribution in [0.15, 0.2) is 30.5 Å². The van der Waals surface area contributed by atoms with Crippen molar-refractivity contribution in [3.05, 3.63) is 51.8 Å². The highest BCUT2D eigenvalue weighted by Gasteiger charge is 2.10. The molecule has 0 saturated carbocycles. The molecule has 1 heterocycles. The molecule has 0 aliphatic heterocycles. The quantitative estimate of drug-likeness (QED) is 0.883. The van der Waals surface area contributed by atoms with Crippen molar-refractivity contribution in [3.63, 3.8) is 0 Å². The first-order valence-electron chi connectivity index (χ1n) is 5.44. The van der Waals surface area contributed by atoms with Gasteiger partial charge in [0.1, 0.15) is 0 Å². The van der Waals surface area contributed by atoms with Crippen LogP contribution < -0.4 is 5.32 Å². The highest BCUT2D eigenvalue weighted by molar-refractivity contribution is 6.39. The fourth-order valence-electron chi connectivity index (χ4n) is 1.66. The zero-order chi connectivity index (χ0) is 13.1. The van der Waals surface area contributed by atoms with Crippen LogP contribution in [0.3, 0.4) is 0 Å². The molecule has 0 unspecified atom stereocenters. The van der Waals surface area contributed by atoms with Gasteiger partial charge in [-0.25, -0.2) is 0 Å². The molecule has 1 amide bonds. The summed E-state index contributed by atoms with van der Waals surface area (Å²) in [5.41, 5.74) is 2.40. The van der Waals surface area contributed by atoms with Gasteiger partial charge >= 0.3 is 0 Å². The summed E-state index contributed by atoms with van der Waals surface area (Å²) in [5, 5.41) is 3.58. The average molecular weight is 283 g/mol. The molecule has 3 nitrogen and oxygen atoms in total. The van der Waals surface area contributed by atoms with Crippen LogP contribution in [0.4, 0.5) is 5.69 Å². The number of aryl methyl sites for hydroxylation is 1. The van der Waals surface area contributed by atoms with Crippen LogP contribution in [0.5, 0.6) is 0 Å². The minimum Gasteiger partial charge on any atom is -0.365 e. The van der Waals surface area contributed by atoms with Gasteiger partial charge in [-0.1, -0.05) is 29.3 Å². The number of aromatic nitrogens is 1. The molecule has 0 spiro atoms. The lowest BCUT2D eigenvalue weighted by molar-refractivity contribution is -0.115. The van der Waals surface area contributed by atoms with Gasteiger partial charge in [0.15, 0.2) is 0 Å². The maximum Gasteiger partial charge on any atom is 0.228 e. The van der Waals surface area contributed by atoms with Gasteiger partial charge in [-0.3, -0.25) is 4.79 Å². The number of carbonyl (C=O) groups is 1. The monoisotopic (exact) mass is 282 g/mol. The first-order valence-corrected chi connectivity index (χ1v) is 6.19. The van der Waals surface area contributed by atoms with Crippen LogP contribution in [-0.2, 0) is 11.2 Å². The van der Waals surface area contributed by atoms with Crippen LogP contribution in [0.1, 0.15) is 11.3 Å². The van der Waals surface area contributed by atoms with Crippen molar-refractivity contribution >= 4 is 34.8 Å². The average Bonchev–Trinajstić information content (AvgIpc) is 2.69. The minimum absolute atomic E-state index is 0.149. The van der Waals surface area contributed by atoms with E-state index in [1.165, 1.54) is 0 Å². The van der Waals surface area contributed by atoms with Crippen molar-refractivity contribution in [1.82, 2.24) is 4.98 Å². The fraction of sp³-hybridized carbons (Fsp3) is 0.154. The first-order chi connectivity index (χ1) is 8.56. The molecule has 2 N–H and O–H groups in total. The number of carbonyl (C=O) groups excluding carboxylic acids is 1. The highest BCUT2D eigenvalue weighted by atomic mass is 35.5. The molecule has 0 bridgehead atoms. The van der Waals surface area contributed by atoms with Crippen molar-refractivity contribution in [2.75, 3.05) is 5.32 Å². The van der Waals surface area contributed by atoms with E-state index < -0.39 is 0 Å². The number of nitrogens with one attached hydrogen (secondary N) is 2. The zero-order valence-corrected chi connectivity index (χ0v) is 11.3. The largest absolute Gasteiger partial charge is 0.365 e. The lowest BCUT2D eigenvalue weighted by Crippen LogP contribution is -2.14. The molecule has 0 radical (unpaired) electrons. The van der Waals surface area contributed by atoms with E-state index in [9.17, 15) is 4.79 Å². The van der Waals surface area contributed by atoms with E-state index in [1.54, 1.807) is 18.2 Å². The third-order valence-corrected chi connectivity index (χ3v) is 3.11. The van der Waals surface area contributed by atoms with Crippen molar-refractivity contribution in [2.45, 2.75) is 13.3 Å². The van der Waals surface area contributed by atoms with Gasteiger partial charge in [0.2, 0.25) is 5.91 Å². The van der Waals surface area contributed by atoms with Crippen LogP contribution >= 0.6 is 23.2 Å². The number of rotatable bonds is 3. The lowest BCUT2D eigenvalue weighted by Gasteiger charge is -2.08. The minimum atomic E-state index is -0.149. The fourth-order valence-corrected chi connectivity index (χ4v) is 2.15. The summed E-state index contributed by atoms with van der Waals surface area (Å²) < 4.78 is 0. The second kappa shape index (κ2) is 5.46. The normalized spacial score (nSPS) is 10.4. The zero-order valence-electron chi connectivity index (χ0n) is 9.76. The second-order valence-corrected chi connectivity index (χ2v) is 4.83. The predicted octanol–water partition coefficient (Wildman–Crippen LogP) is 3.81. The molecule has 5 heteroatoms. The van der Waals surface area contributed by atoms with Gasteiger partial charge in [0, 0.05) is 11.9 Å². The number of benzene rings is 1. The molecule has 0 aliphatic carbocycles. The van der Waals surface area contributed by atoms with E-state index in [0.29, 0.717) is 15.7 Å². The molecular formula is C13H12Cl2N2O.